The smallest absolute Gasteiger partial charge is 0.346 e. The molecule has 3 aromatic rings. The second-order valence-corrected chi connectivity index (χ2v) is 11.7. The van der Waals surface area contributed by atoms with Crippen molar-refractivity contribution in [2.45, 2.75) is 31.2 Å². The Morgan fingerprint density at radius 2 is 1.85 bits per heavy atom. The van der Waals surface area contributed by atoms with Gasteiger partial charge in [-0.15, -0.1) is 5.10 Å². The lowest BCUT2D eigenvalue weighted by atomic mass is 10.1. The number of alkyl halides is 2. The molecular weight excluding hydrogens is 615 g/mol. The average molecular weight is 639 g/mol. The molecule has 1 amide bonds. The Labute approximate surface area is 243 Å². The standard InChI is InChI=1S/C24H24Cl3F2N5O5S/c1-3-24(28,29)19(35)12-33-22(14-7-9-15(25)10-8-14)32-34(23(33)37)13-20(36)31-18(11-30-40(2,38)39)16-5-4-6-17(26)21(16)27/h3-10,18-19,30,35H,1,11-13H2,2H3,(H,31,36)/t18?,19-/m0/s1. The molecule has 2 aromatic carbocycles. The summed E-state index contributed by atoms with van der Waals surface area (Å²) < 4.78 is 55.2. The maximum absolute atomic E-state index is 14.0. The summed E-state index contributed by atoms with van der Waals surface area (Å²) in [4.78, 5) is 26.2. The van der Waals surface area contributed by atoms with Gasteiger partial charge in [-0.1, -0.05) is 53.5 Å². The minimum atomic E-state index is -3.72. The first-order chi connectivity index (χ1) is 18.6. The number of nitrogens with one attached hydrogen (secondary N) is 2. The van der Waals surface area contributed by atoms with Crippen LogP contribution in [0.4, 0.5) is 8.78 Å². The topological polar surface area (TPSA) is 135 Å². The van der Waals surface area contributed by atoms with Gasteiger partial charge >= 0.3 is 5.69 Å². The predicted molar refractivity (Wildman–Crippen MR) is 148 cm³/mol. The molecule has 1 heterocycles. The molecule has 0 aliphatic heterocycles. The Morgan fingerprint density at radius 1 is 1.20 bits per heavy atom. The molecule has 3 N–H and O–H groups in total. The van der Waals surface area contributed by atoms with Crippen molar-refractivity contribution in [3.05, 3.63) is 86.2 Å². The number of aromatic nitrogens is 3. The van der Waals surface area contributed by atoms with Crippen LogP contribution in [-0.4, -0.2) is 58.6 Å². The molecule has 1 unspecified atom stereocenters. The van der Waals surface area contributed by atoms with Gasteiger partial charge in [0.2, 0.25) is 15.9 Å². The second-order valence-electron chi connectivity index (χ2n) is 8.66. The van der Waals surface area contributed by atoms with Crippen LogP contribution in [0.25, 0.3) is 11.4 Å². The normalized spacial score (nSPS) is 13.6. The van der Waals surface area contributed by atoms with Gasteiger partial charge in [0.1, 0.15) is 12.6 Å². The minimum Gasteiger partial charge on any atom is -0.385 e. The molecule has 0 saturated heterocycles. The number of carbonyl (C=O) groups excluding carboxylic acids is 1. The molecule has 0 bridgehead atoms. The maximum Gasteiger partial charge on any atom is 0.346 e. The SMILES string of the molecule is C=CC(F)(F)[C@@H](O)Cn1c(-c2ccc(Cl)cc2)nn(CC(=O)NC(CNS(C)(=O)=O)c2cccc(Cl)c2Cl)c1=O. The Morgan fingerprint density at radius 3 is 2.45 bits per heavy atom. The molecule has 0 aliphatic rings. The zero-order chi connectivity index (χ0) is 29.8. The van der Waals surface area contributed by atoms with Gasteiger partial charge in [-0.25, -0.2) is 22.6 Å². The largest absolute Gasteiger partial charge is 0.385 e. The highest BCUT2D eigenvalue weighted by Gasteiger charge is 2.36. The Kier molecular flexibility index (Phi) is 10.1. The highest BCUT2D eigenvalue weighted by Crippen LogP contribution is 2.30. The average Bonchev–Trinajstić information content (AvgIpc) is 3.18. The van der Waals surface area contributed by atoms with Crippen LogP contribution >= 0.6 is 34.8 Å². The van der Waals surface area contributed by atoms with E-state index in [1.807, 2.05) is 0 Å². The quantitative estimate of drug-likeness (QED) is 0.261. The molecule has 3 rings (SSSR count). The van der Waals surface area contributed by atoms with Crippen molar-refractivity contribution in [1.82, 2.24) is 24.4 Å². The van der Waals surface area contributed by atoms with Crippen LogP contribution in [0.5, 0.6) is 0 Å². The molecule has 216 valence electrons. The molecular formula is C24H24Cl3F2N5O5S. The number of nitrogens with zero attached hydrogens (tertiary/aromatic N) is 3. The number of rotatable bonds is 12. The fourth-order valence-electron chi connectivity index (χ4n) is 3.59. The first-order valence-electron chi connectivity index (χ1n) is 11.4. The lowest BCUT2D eigenvalue weighted by molar-refractivity contribution is -0.122. The summed E-state index contributed by atoms with van der Waals surface area (Å²) in [6.45, 7) is 1.15. The fourth-order valence-corrected chi connectivity index (χ4v) is 4.63. The number of aliphatic hydroxyl groups excluding tert-OH is 1. The first-order valence-corrected chi connectivity index (χ1v) is 14.5. The Hall–Kier alpha value is -2.81. The van der Waals surface area contributed by atoms with E-state index >= 15 is 0 Å². The van der Waals surface area contributed by atoms with Gasteiger partial charge < -0.3 is 10.4 Å². The van der Waals surface area contributed by atoms with E-state index in [-0.39, 0.29) is 28.5 Å². The van der Waals surface area contributed by atoms with Gasteiger partial charge in [-0.2, -0.15) is 8.78 Å². The molecule has 0 spiro atoms. The van der Waals surface area contributed by atoms with Crippen molar-refractivity contribution in [2.75, 3.05) is 12.8 Å². The zero-order valence-electron chi connectivity index (χ0n) is 20.8. The lowest BCUT2D eigenvalue weighted by Gasteiger charge is -2.21. The third kappa shape index (κ3) is 7.89. The number of hydrogen-bond donors (Lipinski definition) is 3. The van der Waals surface area contributed by atoms with Crippen molar-refractivity contribution in [3.63, 3.8) is 0 Å². The van der Waals surface area contributed by atoms with Crippen LogP contribution < -0.4 is 15.7 Å². The number of carbonyl (C=O) groups is 1. The number of benzene rings is 2. The van der Waals surface area contributed by atoms with E-state index in [0.29, 0.717) is 16.1 Å². The van der Waals surface area contributed by atoms with Gasteiger partial charge in [0, 0.05) is 17.1 Å². The molecule has 40 heavy (non-hydrogen) atoms. The van der Waals surface area contributed by atoms with Gasteiger partial charge in [-0.05, 0) is 42.0 Å². The minimum absolute atomic E-state index is 0.0772. The molecule has 0 saturated carbocycles. The fraction of sp³-hybridized carbons (Fsp3) is 0.292. The molecule has 10 nitrogen and oxygen atoms in total. The van der Waals surface area contributed by atoms with Crippen LogP contribution in [0.1, 0.15) is 11.6 Å². The number of sulfonamides is 1. The van der Waals surface area contributed by atoms with E-state index in [9.17, 15) is 31.9 Å². The van der Waals surface area contributed by atoms with Crippen molar-refractivity contribution in [3.8, 4) is 11.4 Å². The monoisotopic (exact) mass is 637 g/mol. The predicted octanol–water partition coefficient (Wildman–Crippen LogP) is 3.26. The Bertz CT molecular complexity index is 1560. The van der Waals surface area contributed by atoms with E-state index in [4.69, 9.17) is 34.8 Å². The van der Waals surface area contributed by atoms with Crippen LogP contribution in [0, 0.1) is 0 Å². The van der Waals surface area contributed by atoms with E-state index in [0.717, 1.165) is 15.5 Å². The highest BCUT2D eigenvalue weighted by molar-refractivity contribution is 7.88. The number of halogens is 5. The molecule has 0 aliphatic carbocycles. The first kappa shape index (κ1) is 31.7. The molecule has 2 atom stereocenters. The summed E-state index contributed by atoms with van der Waals surface area (Å²) in [6.07, 6.45) is -1.13. The van der Waals surface area contributed by atoms with Crippen molar-refractivity contribution >= 4 is 50.7 Å². The van der Waals surface area contributed by atoms with Crippen molar-refractivity contribution in [1.29, 1.82) is 0 Å². The molecule has 1 aromatic heterocycles. The van der Waals surface area contributed by atoms with Gasteiger partial charge in [0.25, 0.3) is 5.92 Å². The summed E-state index contributed by atoms with van der Waals surface area (Å²) in [5.41, 5.74) is -0.366. The Balaban J connectivity index is 1.96. The van der Waals surface area contributed by atoms with Crippen LogP contribution in [0.2, 0.25) is 15.1 Å². The number of amides is 1. The van der Waals surface area contributed by atoms with Crippen LogP contribution in [0.3, 0.4) is 0 Å². The summed E-state index contributed by atoms with van der Waals surface area (Å²) in [6, 6.07) is 9.52. The summed E-state index contributed by atoms with van der Waals surface area (Å²) >= 11 is 18.3. The maximum atomic E-state index is 14.0. The summed E-state index contributed by atoms with van der Waals surface area (Å²) in [5, 5.41) is 17.4. The molecule has 16 heteroatoms. The number of aliphatic hydroxyl groups is 1. The van der Waals surface area contributed by atoms with E-state index in [2.05, 4.69) is 21.7 Å². The molecule has 0 radical (unpaired) electrons. The van der Waals surface area contributed by atoms with Crippen LogP contribution in [0.15, 0.2) is 59.9 Å². The summed E-state index contributed by atoms with van der Waals surface area (Å²) in [7, 11) is -3.66. The van der Waals surface area contributed by atoms with Crippen LogP contribution in [-0.2, 0) is 27.9 Å². The third-order valence-corrected chi connectivity index (χ3v) is 7.41. The second kappa shape index (κ2) is 12.8. The van der Waals surface area contributed by atoms with E-state index < -0.39 is 52.8 Å². The number of hydrogen-bond acceptors (Lipinski definition) is 6. The van der Waals surface area contributed by atoms with Gasteiger partial charge in [0.05, 0.1) is 28.9 Å². The van der Waals surface area contributed by atoms with Crippen molar-refractivity contribution in [2.24, 2.45) is 0 Å². The van der Waals surface area contributed by atoms with Gasteiger partial charge in [0.15, 0.2) is 5.82 Å². The third-order valence-electron chi connectivity index (χ3n) is 5.63. The van der Waals surface area contributed by atoms with E-state index in [1.165, 1.54) is 36.4 Å². The van der Waals surface area contributed by atoms with Gasteiger partial charge in [-0.3, -0.25) is 9.36 Å². The summed E-state index contributed by atoms with van der Waals surface area (Å²) in [5.74, 6) is -4.61. The molecule has 0 fully saturated rings. The zero-order valence-corrected chi connectivity index (χ0v) is 23.9. The lowest BCUT2D eigenvalue weighted by Crippen LogP contribution is -2.41. The van der Waals surface area contributed by atoms with Crippen molar-refractivity contribution < 1.29 is 27.1 Å². The highest BCUT2D eigenvalue weighted by atomic mass is 35.5. The van der Waals surface area contributed by atoms with E-state index in [1.54, 1.807) is 6.07 Å².